The van der Waals surface area contributed by atoms with Crippen LogP contribution in [0.25, 0.3) is 0 Å². The summed E-state index contributed by atoms with van der Waals surface area (Å²) in [4.78, 5) is 15.9. The molecule has 0 radical (unpaired) electrons. The van der Waals surface area contributed by atoms with E-state index < -0.39 is 11.5 Å². The van der Waals surface area contributed by atoms with Crippen LogP contribution in [-0.2, 0) is 9.53 Å². The Morgan fingerprint density at radius 2 is 1.94 bits per heavy atom. The topological polar surface area (TPSA) is 53.0 Å². The quantitative estimate of drug-likeness (QED) is 0.766. The van der Waals surface area contributed by atoms with Crippen LogP contribution in [0.15, 0.2) is 0 Å². The molecule has 2 fully saturated rings. The van der Waals surface area contributed by atoms with Crippen molar-refractivity contribution in [2.45, 2.75) is 31.4 Å². The SMILES string of the molecule is CCOC1CC(C(=O)O)(N2CCN(C)CC2)C1. The van der Waals surface area contributed by atoms with Gasteiger partial charge >= 0.3 is 5.97 Å². The van der Waals surface area contributed by atoms with Crippen molar-refractivity contribution >= 4 is 5.97 Å². The second kappa shape index (κ2) is 4.92. The van der Waals surface area contributed by atoms with Crippen LogP contribution >= 0.6 is 0 Å². The summed E-state index contributed by atoms with van der Waals surface area (Å²) in [5, 5.41) is 9.48. The third kappa shape index (κ3) is 2.32. The summed E-state index contributed by atoms with van der Waals surface area (Å²) in [5.74, 6) is -0.682. The van der Waals surface area contributed by atoms with Gasteiger partial charge in [-0.1, -0.05) is 0 Å². The molecule has 0 unspecified atom stereocenters. The van der Waals surface area contributed by atoms with E-state index in [1.807, 2.05) is 6.92 Å². The Balaban J connectivity index is 1.97. The van der Waals surface area contributed by atoms with Crippen molar-refractivity contribution in [2.24, 2.45) is 0 Å². The summed E-state index contributed by atoms with van der Waals surface area (Å²) < 4.78 is 5.49. The van der Waals surface area contributed by atoms with Crippen molar-refractivity contribution in [2.75, 3.05) is 39.8 Å². The molecule has 0 amide bonds. The van der Waals surface area contributed by atoms with E-state index in [1.165, 1.54) is 0 Å². The van der Waals surface area contributed by atoms with Gasteiger partial charge in [0.1, 0.15) is 5.54 Å². The fourth-order valence-corrected chi connectivity index (χ4v) is 2.85. The molecule has 0 spiro atoms. The average molecular weight is 242 g/mol. The Hall–Kier alpha value is -0.650. The van der Waals surface area contributed by atoms with Crippen molar-refractivity contribution in [1.29, 1.82) is 0 Å². The summed E-state index contributed by atoms with van der Waals surface area (Å²) in [5.41, 5.74) is -0.652. The highest BCUT2D eigenvalue weighted by Gasteiger charge is 2.55. The van der Waals surface area contributed by atoms with Gasteiger partial charge in [-0.3, -0.25) is 9.69 Å². The number of piperazine rings is 1. The Kier molecular flexibility index (Phi) is 3.70. The minimum atomic E-state index is -0.682. The van der Waals surface area contributed by atoms with Crippen LogP contribution in [0, 0.1) is 0 Å². The molecule has 1 heterocycles. The smallest absolute Gasteiger partial charge is 0.324 e. The van der Waals surface area contributed by atoms with Gasteiger partial charge in [0, 0.05) is 45.6 Å². The van der Waals surface area contributed by atoms with E-state index in [9.17, 15) is 9.90 Å². The van der Waals surface area contributed by atoms with E-state index in [1.54, 1.807) is 0 Å². The van der Waals surface area contributed by atoms with E-state index in [4.69, 9.17) is 4.74 Å². The van der Waals surface area contributed by atoms with Gasteiger partial charge in [0.25, 0.3) is 0 Å². The van der Waals surface area contributed by atoms with E-state index in [2.05, 4.69) is 16.8 Å². The lowest BCUT2D eigenvalue weighted by molar-refractivity contribution is -0.175. The number of carbonyl (C=O) groups is 1. The highest BCUT2D eigenvalue weighted by atomic mass is 16.5. The molecule has 0 atom stereocenters. The van der Waals surface area contributed by atoms with Gasteiger partial charge in [0.2, 0.25) is 0 Å². The van der Waals surface area contributed by atoms with E-state index >= 15 is 0 Å². The van der Waals surface area contributed by atoms with Crippen molar-refractivity contribution in [3.8, 4) is 0 Å². The molecule has 1 aliphatic heterocycles. The molecule has 2 aliphatic rings. The number of aliphatic carboxylic acids is 1. The summed E-state index contributed by atoms with van der Waals surface area (Å²) >= 11 is 0. The minimum Gasteiger partial charge on any atom is -0.480 e. The van der Waals surface area contributed by atoms with Gasteiger partial charge in [-0.25, -0.2) is 0 Å². The van der Waals surface area contributed by atoms with Gasteiger partial charge in [-0.05, 0) is 14.0 Å². The zero-order valence-corrected chi connectivity index (χ0v) is 10.7. The number of ether oxygens (including phenoxy) is 1. The maximum Gasteiger partial charge on any atom is 0.324 e. The molecular formula is C12H22N2O3. The maximum absolute atomic E-state index is 11.5. The minimum absolute atomic E-state index is 0.135. The fourth-order valence-electron chi connectivity index (χ4n) is 2.85. The lowest BCUT2D eigenvalue weighted by Gasteiger charge is -2.52. The molecular weight excluding hydrogens is 220 g/mol. The first-order valence-corrected chi connectivity index (χ1v) is 6.37. The first-order chi connectivity index (χ1) is 8.08. The number of hydrogen-bond acceptors (Lipinski definition) is 4. The second-order valence-electron chi connectivity index (χ2n) is 5.11. The van der Waals surface area contributed by atoms with Crippen LogP contribution in [0.2, 0.25) is 0 Å². The summed E-state index contributed by atoms with van der Waals surface area (Å²) in [6.07, 6.45) is 1.41. The summed E-state index contributed by atoms with van der Waals surface area (Å²) in [6.45, 7) is 6.23. The molecule has 0 aromatic rings. The lowest BCUT2D eigenvalue weighted by atomic mass is 9.72. The van der Waals surface area contributed by atoms with E-state index in [-0.39, 0.29) is 6.10 Å². The van der Waals surface area contributed by atoms with E-state index in [0.29, 0.717) is 19.4 Å². The molecule has 0 aromatic carbocycles. The zero-order chi connectivity index (χ0) is 12.5. The van der Waals surface area contributed by atoms with E-state index in [0.717, 1.165) is 26.2 Å². The van der Waals surface area contributed by atoms with Gasteiger partial charge < -0.3 is 14.7 Å². The Morgan fingerprint density at radius 1 is 1.35 bits per heavy atom. The van der Waals surface area contributed by atoms with Crippen molar-refractivity contribution < 1.29 is 14.6 Å². The highest BCUT2D eigenvalue weighted by molar-refractivity contribution is 5.80. The van der Waals surface area contributed by atoms with Crippen LogP contribution in [0.3, 0.4) is 0 Å². The molecule has 1 saturated carbocycles. The van der Waals surface area contributed by atoms with Gasteiger partial charge in [-0.15, -0.1) is 0 Å². The molecule has 1 aliphatic carbocycles. The van der Waals surface area contributed by atoms with Gasteiger partial charge in [-0.2, -0.15) is 0 Å². The molecule has 5 heteroatoms. The first-order valence-electron chi connectivity index (χ1n) is 6.37. The van der Waals surface area contributed by atoms with Gasteiger partial charge in [0.15, 0.2) is 0 Å². The lowest BCUT2D eigenvalue weighted by Crippen LogP contribution is -2.67. The normalized spacial score (nSPS) is 35.5. The number of rotatable bonds is 4. The maximum atomic E-state index is 11.5. The molecule has 0 bridgehead atoms. The van der Waals surface area contributed by atoms with Crippen LogP contribution in [0.1, 0.15) is 19.8 Å². The van der Waals surface area contributed by atoms with Crippen molar-refractivity contribution in [3.63, 3.8) is 0 Å². The molecule has 5 nitrogen and oxygen atoms in total. The third-order valence-electron chi connectivity index (χ3n) is 4.04. The predicted octanol–water partition coefficient (Wildman–Crippen LogP) is 0.256. The molecule has 98 valence electrons. The molecule has 2 rings (SSSR count). The number of carboxylic acid groups (broad SMARTS) is 1. The number of likely N-dealkylation sites (N-methyl/N-ethyl adjacent to an activating group) is 1. The Bertz CT molecular complexity index is 281. The van der Waals surface area contributed by atoms with Gasteiger partial charge in [0.05, 0.1) is 6.10 Å². The largest absolute Gasteiger partial charge is 0.480 e. The monoisotopic (exact) mass is 242 g/mol. The third-order valence-corrected chi connectivity index (χ3v) is 4.04. The van der Waals surface area contributed by atoms with Crippen LogP contribution < -0.4 is 0 Å². The van der Waals surface area contributed by atoms with Crippen LogP contribution in [-0.4, -0.2) is 72.4 Å². The Morgan fingerprint density at radius 3 is 2.41 bits per heavy atom. The predicted molar refractivity (Wildman–Crippen MR) is 64.1 cm³/mol. The standard InChI is InChI=1S/C12H22N2O3/c1-3-17-10-8-12(9-10,11(15)16)14-6-4-13(2)5-7-14/h10H,3-9H2,1-2H3,(H,15,16). The Labute approximate surface area is 102 Å². The first kappa shape index (κ1) is 12.8. The highest BCUT2D eigenvalue weighted by Crippen LogP contribution is 2.40. The summed E-state index contributed by atoms with van der Waals surface area (Å²) in [7, 11) is 2.08. The number of hydrogen-bond donors (Lipinski definition) is 1. The second-order valence-corrected chi connectivity index (χ2v) is 5.11. The summed E-state index contributed by atoms with van der Waals surface area (Å²) in [6, 6.07) is 0. The van der Waals surface area contributed by atoms with Crippen molar-refractivity contribution in [3.05, 3.63) is 0 Å². The van der Waals surface area contributed by atoms with Crippen LogP contribution in [0.5, 0.6) is 0 Å². The molecule has 0 aromatic heterocycles. The van der Waals surface area contributed by atoms with Crippen molar-refractivity contribution in [1.82, 2.24) is 9.80 Å². The zero-order valence-electron chi connectivity index (χ0n) is 10.7. The average Bonchev–Trinajstić information content (AvgIpc) is 2.24. The molecule has 1 N–H and O–H groups in total. The number of carboxylic acids is 1. The fraction of sp³-hybridized carbons (Fsp3) is 0.917. The number of nitrogens with zero attached hydrogens (tertiary/aromatic N) is 2. The molecule has 17 heavy (non-hydrogen) atoms. The van der Waals surface area contributed by atoms with Crippen LogP contribution in [0.4, 0.5) is 0 Å². The molecule has 1 saturated heterocycles.